The quantitative estimate of drug-likeness (QED) is 0.556. The van der Waals surface area contributed by atoms with E-state index in [1.807, 2.05) is 24.3 Å². The molecule has 3 nitrogen and oxygen atoms in total. The number of terminal acetylenes is 1. The van der Waals surface area contributed by atoms with E-state index in [2.05, 4.69) is 11.2 Å². The van der Waals surface area contributed by atoms with Crippen molar-refractivity contribution in [2.45, 2.75) is 6.54 Å². The van der Waals surface area contributed by atoms with Crippen LogP contribution in [0.2, 0.25) is 0 Å². The van der Waals surface area contributed by atoms with Gasteiger partial charge in [-0.1, -0.05) is 18.1 Å². The normalized spacial score (nSPS) is 9.75. The lowest BCUT2D eigenvalue weighted by molar-refractivity contribution is 0.199. The number of methoxy groups -OCH3 is 1. The molecule has 86 valence electrons. The van der Waals surface area contributed by atoms with Gasteiger partial charge in [0, 0.05) is 20.2 Å². The van der Waals surface area contributed by atoms with Crippen molar-refractivity contribution in [3.8, 4) is 18.1 Å². The molecule has 0 saturated carbocycles. The topological polar surface area (TPSA) is 30.5 Å². The molecule has 0 radical (unpaired) electrons. The van der Waals surface area contributed by atoms with Gasteiger partial charge in [0.15, 0.2) is 0 Å². The summed E-state index contributed by atoms with van der Waals surface area (Å²) in [6.45, 7) is 2.66. The zero-order valence-electron chi connectivity index (χ0n) is 9.53. The molecule has 0 saturated heterocycles. The van der Waals surface area contributed by atoms with E-state index in [9.17, 15) is 0 Å². The van der Waals surface area contributed by atoms with Crippen LogP contribution in [0.3, 0.4) is 0 Å². The first kappa shape index (κ1) is 12.6. The number of ether oxygens (including phenoxy) is 2. The summed E-state index contributed by atoms with van der Waals surface area (Å²) in [5.74, 6) is 3.25. The summed E-state index contributed by atoms with van der Waals surface area (Å²) in [6, 6.07) is 7.88. The van der Waals surface area contributed by atoms with E-state index in [-0.39, 0.29) is 0 Å². The van der Waals surface area contributed by atoms with Crippen molar-refractivity contribution in [3.05, 3.63) is 29.8 Å². The zero-order valence-corrected chi connectivity index (χ0v) is 9.53. The van der Waals surface area contributed by atoms with Crippen LogP contribution in [0.4, 0.5) is 0 Å². The molecule has 0 aromatic heterocycles. The summed E-state index contributed by atoms with van der Waals surface area (Å²) < 4.78 is 10.3. The average molecular weight is 219 g/mol. The molecule has 0 aliphatic carbocycles. The summed E-state index contributed by atoms with van der Waals surface area (Å²) in [7, 11) is 1.69. The van der Waals surface area contributed by atoms with Crippen LogP contribution in [-0.2, 0) is 11.3 Å². The number of benzene rings is 1. The second-order valence-corrected chi connectivity index (χ2v) is 3.31. The van der Waals surface area contributed by atoms with E-state index in [4.69, 9.17) is 15.9 Å². The first-order chi connectivity index (χ1) is 7.86. The fourth-order valence-corrected chi connectivity index (χ4v) is 1.28. The highest BCUT2D eigenvalue weighted by molar-refractivity contribution is 5.28. The van der Waals surface area contributed by atoms with Gasteiger partial charge in [0.2, 0.25) is 0 Å². The van der Waals surface area contributed by atoms with Crippen molar-refractivity contribution in [3.63, 3.8) is 0 Å². The van der Waals surface area contributed by atoms with Crippen LogP contribution in [0.5, 0.6) is 5.75 Å². The van der Waals surface area contributed by atoms with Crippen molar-refractivity contribution in [1.29, 1.82) is 0 Å². The smallest absolute Gasteiger partial charge is 0.148 e. The number of nitrogens with one attached hydrogen (secondary N) is 1. The molecule has 0 fully saturated rings. The third-order valence-corrected chi connectivity index (χ3v) is 2.03. The highest BCUT2D eigenvalue weighted by Crippen LogP contribution is 2.12. The molecule has 0 spiro atoms. The molecule has 1 N–H and O–H groups in total. The maximum Gasteiger partial charge on any atom is 0.148 e. The monoisotopic (exact) mass is 219 g/mol. The van der Waals surface area contributed by atoms with E-state index >= 15 is 0 Å². The van der Waals surface area contributed by atoms with Crippen LogP contribution >= 0.6 is 0 Å². The van der Waals surface area contributed by atoms with Gasteiger partial charge in [-0.15, -0.1) is 6.42 Å². The Morgan fingerprint density at radius 1 is 1.44 bits per heavy atom. The van der Waals surface area contributed by atoms with Gasteiger partial charge in [-0.25, -0.2) is 0 Å². The summed E-state index contributed by atoms with van der Waals surface area (Å²) in [5.41, 5.74) is 1.17. The summed E-state index contributed by atoms with van der Waals surface area (Å²) in [4.78, 5) is 0. The Balaban J connectivity index is 2.38. The maximum atomic E-state index is 5.33. The Kier molecular flexibility index (Phi) is 6.09. The minimum Gasteiger partial charge on any atom is -0.481 e. The standard InChI is InChI=1S/C13H17NO2/c1-3-8-16-13-6-4-5-12(10-13)11-14-7-9-15-2/h1,4-6,10,14H,7-9,11H2,2H3. The molecular formula is C13H17NO2. The Labute approximate surface area is 96.8 Å². The Hall–Kier alpha value is -1.50. The molecule has 1 aromatic carbocycles. The van der Waals surface area contributed by atoms with E-state index in [0.717, 1.165) is 18.8 Å². The van der Waals surface area contributed by atoms with Gasteiger partial charge < -0.3 is 14.8 Å². The third-order valence-electron chi connectivity index (χ3n) is 2.03. The van der Waals surface area contributed by atoms with Crippen molar-refractivity contribution < 1.29 is 9.47 Å². The van der Waals surface area contributed by atoms with Gasteiger partial charge in [-0.2, -0.15) is 0 Å². The Morgan fingerprint density at radius 2 is 2.31 bits per heavy atom. The lowest BCUT2D eigenvalue weighted by atomic mass is 10.2. The molecule has 0 heterocycles. The zero-order chi connectivity index (χ0) is 11.6. The SMILES string of the molecule is C#CCOc1cccc(CNCCOC)c1. The van der Waals surface area contributed by atoms with Crippen molar-refractivity contribution in [2.24, 2.45) is 0 Å². The molecule has 0 atom stereocenters. The molecule has 0 aliphatic rings. The van der Waals surface area contributed by atoms with Crippen LogP contribution in [0, 0.1) is 12.3 Å². The van der Waals surface area contributed by atoms with E-state index in [0.29, 0.717) is 13.2 Å². The fraction of sp³-hybridized carbons (Fsp3) is 0.385. The molecule has 0 unspecified atom stereocenters. The van der Waals surface area contributed by atoms with Crippen molar-refractivity contribution in [1.82, 2.24) is 5.32 Å². The molecule has 0 aliphatic heterocycles. The van der Waals surface area contributed by atoms with E-state index in [1.165, 1.54) is 5.56 Å². The summed E-state index contributed by atoms with van der Waals surface area (Å²) in [6.07, 6.45) is 5.13. The lowest BCUT2D eigenvalue weighted by Crippen LogP contribution is -2.18. The first-order valence-corrected chi connectivity index (χ1v) is 5.21. The van der Waals surface area contributed by atoms with Gasteiger partial charge in [0.1, 0.15) is 12.4 Å². The van der Waals surface area contributed by atoms with Crippen molar-refractivity contribution >= 4 is 0 Å². The Morgan fingerprint density at radius 3 is 3.06 bits per heavy atom. The summed E-state index contributed by atoms with van der Waals surface area (Å²) in [5, 5.41) is 3.27. The molecule has 3 heteroatoms. The minimum atomic E-state index is 0.306. The van der Waals surface area contributed by atoms with Crippen LogP contribution in [0.25, 0.3) is 0 Å². The number of rotatable bonds is 7. The van der Waals surface area contributed by atoms with E-state index < -0.39 is 0 Å². The fourth-order valence-electron chi connectivity index (χ4n) is 1.28. The number of hydrogen-bond donors (Lipinski definition) is 1. The predicted octanol–water partition coefficient (Wildman–Crippen LogP) is 1.43. The van der Waals surface area contributed by atoms with Crippen molar-refractivity contribution in [2.75, 3.05) is 26.9 Å². The van der Waals surface area contributed by atoms with Gasteiger partial charge in [0.25, 0.3) is 0 Å². The highest BCUT2D eigenvalue weighted by atomic mass is 16.5. The molecule has 16 heavy (non-hydrogen) atoms. The molecule has 1 aromatic rings. The second-order valence-electron chi connectivity index (χ2n) is 3.31. The summed E-state index contributed by atoms with van der Waals surface area (Å²) >= 11 is 0. The molecule has 0 bridgehead atoms. The lowest BCUT2D eigenvalue weighted by Gasteiger charge is -2.06. The molecule has 0 amide bonds. The maximum absolute atomic E-state index is 5.33. The second kappa shape index (κ2) is 7.75. The Bertz CT molecular complexity index is 344. The molecular weight excluding hydrogens is 202 g/mol. The largest absolute Gasteiger partial charge is 0.481 e. The number of hydrogen-bond acceptors (Lipinski definition) is 3. The van der Waals surface area contributed by atoms with Gasteiger partial charge in [-0.3, -0.25) is 0 Å². The van der Waals surface area contributed by atoms with Crippen LogP contribution in [0.15, 0.2) is 24.3 Å². The first-order valence-electron chi connectivity index (χ1n) is 5.21. The third kappa shape index (κ3) is 4.83. The van der Waals surface area contributed by atoms with Gasteiger partial charge in [-0.05, 0) is 17.7 Å². The van der Waals surface area contributed by atoms with Crippen LogP contribution in [-0.4, -0.2) is 26.9 Å². The van der Waals surface area contributed by atoms with E-state index in [1.54, 1.807) is 7.11 Å². The molecule has 1 rings (SSSR count). The van der Waals surface area contributed by atoms with Crippen LogP contribution < -0.4 is 10.1 Å². The van der Waals surface area contributed by atoms with Gasteiger partial charge >= 0.3 is 0 Å². The highest BCUT2D eigenvalue weighted by Gasteiger charge is 1.96. The van der Waals surface area contributed by atoms with Crippen LogP contribution in [0.1, 0.15) is 5.56 Å². The average Bonchev–Trinajstić information content (AvgIpc) is 2.33. The minimum absolute atomic E-state index is 0.306. The predicted molar refractivity (Wildman–Crippen MR) is 64.4 cm³/mol. The van der Waals surface area contributed by atoms with Gasteiger partial charge in [0.05, 0.1) is 6.61 Å².